The van der Waals surface area contributed by atoms with Crippen molar-refractivity contribution in [2.75, 3.05) is 7.11 Å². The van der Waals surface area contributed by atoms with E-state index in [4.69, 9.17) is 21.1 Å². The van der Waals surface area contributed by atoms with Gasteiger partial charge in [-0.15, -0.1) is 10.2 Å². The Bertz CT molecular complexity index is 592. The monoisotopic (exact) mass is 292 g/mol. The minimum Gasteiger partial charge on any atom is -0.497 e. The second-order valence-corrected chi connectivity index (χ2v) is 5.80. The van der Waals surface area contributed by atoms with Gasteiger partial charge in [0.1, 0.15) is 11.5 Å². The third kappa shape index (κ3) is 3.39. The van der Waals surface area contributed by atoms with E-state index >= 15 is 0 Å². The van der Waals surface area contributed by atoms with Crippen LogP contribution in [-0.4, -0.2) is 17.3 Å². The molecule has 2 aromatic rings. The Morgan fingerprint density at radius 1 is 1.05 bits per heavy atom. The zero-order valence-corrected chi connectivity index (χ0v) is 12.7. The predicted molar refractivity (Wildman–Crippen MR) is 78.8 cm³/mol. The molecule has 0 amide bonds. The van der Waals surface area contributed by atoms with Crippen LogP contribution in [0.25, 0.3) is 0 Å². The van der Waals surface area contributed by atoms with Gasteiger partial charge in [-0.2, -0.15) is 0 Å². The standard InChI is InChI=1S/C15H17ClN2O2/c1-15(2,3)11-9-10(19-4)5-6-12(11)20-14-8-7-13(16)17-18-14/h5-9H,1-4H3. The minimum atomic E-state index is -0.0796. The molecule has 0 N–H and O–H groups in total. The molecule has 106 valence electrons. The summed E-state index contributed by atoms with van der Waals surface area (Å²) in [5.74, 6) is 1.93. The van der Waals surface area contributed by atoms with Crippen LogP contribution >= 0.6 is 11.6 Å². The minimum absolute atomic E-state index is 0.0796. The first-order chi connectivity index (χ1) is 9.40. The molecule has 1 aromatic heterocycles. The first-order valence-electron chi connectivity index (χ1n) is 6.26. The Balaban J connectivity index is 2.38. The number of methoxy groups -OCH3 is 1. The first-order valence-corrected chi connectivity index (χ1v) is 6.63. The molecule has 5 heteroatoms. The van der Waals surface area contributed by atoms with E-state index in [0.29, 0.717) is 11.0 Å². The molecule has 0 unspecified atom stereocenters. The van der Waals surface area contributed by atoms with Gasteiger partial charge in [0.25, 0.3) is 0 Å². The summed E-state index contributed by atoms with van der Waals surface area (Å²) in [4.78, 5) is 0. The van der Waals surface area contributed by atoms with Crippen LogP contribution in [0.1, 0.15) is 26.3 Å². The van der Waals surface area contributed by atoms with Crippen molar-refractivity contribution in [1.82, 2.24) is 10.2 Å². The van der Waals surface area contributed by atoms with Crippen molar-refractivity contribution >= 4 is 11.6 Å². The van der Waals surface area contributed by atoms with Gasteiger partial charge in [-0.25, -0.2) is 0 Å². The topological polar surface area (TPSA) is 44.2 Å². The van der Waals surface area contributed by atoms with Gasteiger partial charge in [-0.3, -0.25) is 0 Å². The molecule has 0 bridgehead atoms. The highest BCUT2D eigenvalue weighted by Crippen LogP contribution is 2.36. The molecule has 0 aliphatic rings. The molecule has 4 nitrogen and oxygen atoms in total. The molecule has 0 spiro atoms. The van der Waals surface area contributed by atoms with Gasteiger partial charge >= 0.3 is 0 Å². The number of rotatable bonds is 3. The molecule has 20 heavy (non-hydrogen) atoms. The van der Waals surface area contributed by atoms with E-state index in [-0.39, 0.29) is 5.41 Å². The van der Waals surface area contributed by atoms with Crippen LogP contribution in [0.2, 0.25) is 5.15 Å². The van der Waals surface area contributed by atoms with Crippen LogP contribution in [-0.2, 0) is 5.41 Å². The molecule has 0 saturated heterocycles. The second-order valence-electron chi connectivity index (χ2n) is 5.41. The Hall–Kier alpha value is -1.81. The highest BCUT2D eigenvalue weighted by Gasteiger charge is 2.20. The fraction of sp³-hybridized carbons (Fsp3) is 0.333. The predicted octanol–water partition coefficient (Wildman–Crippen LogP) is 4.23. The van der Waals surface area contributed by atoms with Crippen molar-refractivity contribution in [3.8, 4) is 17.4 Å². The Morgan fingerprint density at radius 2 is 1.80 bits per heavy atom. The van der Waals surface area contributed by atoms with Crippen molar-refractivity contribution in [2.24, 2.45) is 0 Å². The third-order valence-electron chi connectivity index (χ3n) is 2.82. The summed E-state index contributed by atoms with van der Waals surface area (Å²) in [6.45, 7) is 6.34. The van der Waals surface area contributed by atoms with Crippen molar-refractivity contribution in [1.29, 1.82) is 0 Å². The van der Waals surface area contributed by atoms with Crippen molar-refractivity contribution in [2.45, 2.75) is 26.2 Å². The molecule has 0 aliphatic carbocycles. The molecule has 1 heterocycles. The van der Waals surface area contributed by atoms with Crippen molar-refractivity contribution in [3.63, 3.8) is 0 Å². The maximum Gasteiger partial charge on any atom is 0.238 e. The van der Waals surface area contributed by atoms with Gasteiger partial charge < -0.3 is 9.47 Å². The zero-order chi connectivity index (χ0) is 14.8. The van der Waals surface area contributed by atoms with E-state index < -0.39 is 0 Å². The van der Waals surface area contributed by atoms with Crippen LogP contribution in [0.15, 0.2) is 30.3 Å². The number of hydrogen-bond donors (Lipinski definition) is 0. The largest absolute Gasteiger partial charge is 0.497 e. The quantitative estimate of drug-likeness (QED) is 0.849. The second kappa shape index (κ2) is 5.67. The number of aromatic nitrogens is 2. The third-order valence-corrected chi connectivity index (χ3v) is 3.02. The summed E-state index contributed by atoms with van der Waals surface area (Å²) < 4.78 is 11.1. The van der Waals surface area contributed by atoms with Gasteiger partial charge in [-0.05, 0) is 29.7 Å². The van der Waals surface area contributed by atoms with E-state index in [0.717, 1.165) is 17.1 Å². The summed E-state index contributed by atoms with van der Waals surface area (Å²) in [5, 5.41) is 8.01. The highest BCUT2D eigenvalue weighted by atomic mass is 35.5. The van der Waals surface area contributed by atoms with Crippen LogP contribution in [0.3, 0.4) is 0 Å². The lowest BCUT2D eigenvalue weighted by Gasteiger charge is -2.23. The summed E-state index contributed by atoms with van der Waals surface area (Å²) >= 11 is 5.71. The average Bonchev–Trinajstić information content (AvgIpc) is 2.40. The van der Waals surface area contributed by atoms with Crippen LogP contribution in [0.5, 0.6) is 17.4 Å². The molecule has 0 atom stereocenters. The lowest BCUT2D eigenvalue weighted by atomic mass is 9.86. The van der Waals surface area contributed by atoms with Crippen molar-refractivity contribution in [3.05, 3.63) is 41.0 Å². The smallest absolute Gasteiger partial charge is 0.238 e. The lowest BCUT2D eigenvalue weighted by Crippen LogP contribution is -2.13. The van der Waals surface area contributed by atoms with Gasteiger partial charge in [0.05, 0.1) is 7.11 Å². The highest BCUT2D eigenvalue weighted by molar-refractivity contribution is 6.29. The van der Waals surface area contributed by atoms with E-state index in [9.17, 15) is 0 Å². The molecule has 1 aromatic carbocycles. The number of benzene rings is 1. The fourth-order valence-corrected chi connectivity index (χ4v) is 1.88. The summed E-state index contributed by atoms with van der Waals surface area (Å²) in [6, 6.07) is 9.03. The van der Waals surface area contributed by atoms with Crippen LogP contribution in [0, 0.1) is 0 Å². The maximum absolute atomic E-state index is 5.80. The summed E-state index contributed by atoms with van der Waals surface area (Å²) in [6.07, 6.45) is 0. The van der Waals surface area contributed by atoms with Gasteiger partial charge in [0.15, 0.2) is 5.15 Å². The fourth-order valence-electron chi connectivity index (χ4n) is 1.78. The summed E-state index contributed by atoms with van der Waals surface area (Å²) in [7, 11) is 1.65. The Morgan fingerprint density at radius 3 is 2.35 bits per heavy atom. The molecular weight excluding hydrogens is 276 g/mol. The number of nitrogens with zero attached hydrogens (tertiary/aromatic N) is 2. The number of hydrogen-bond acceptors (Lipinski definition) is 4. The number of ether oxygens (including phenoxy) is 2. The van der Waals surface area contributed by atoms with E-state index in [1.165, 1.54) is 0 Å². The number of halogens is 1. The van der Waals surface area contributed by atoms with Gasteiger partial charge in [0.2, 0.25) is 5.88 Å². The Kier molecular flexibility index (Phi) is 4.14. The summed E-state index contributed by atoms with van der Waals surface area (Å²) in [5.41, 5.74) is 0.956. The molecule has 2 rings (SSSR count). The van der Waals surface area contributed by atoms with Gasteiger partial charge in [0, 0.05) is 11.6 Å². The van der Waals surface area contributed by atoms with E-state index in [1.807, 2.05) is 18.2 Å². The van der Waals surface area contributed by atoms with Crippen LogP contribution in [0.4, 0.5) is 0 Å². The average molecular weight is 293 g/mol. The molecule has 0 saturated carbocycles. The lowest BCUT2D eigenvalue weighted by molar-refractivity contribution is 0.404. The van der Waals surface area contributed by atoms with Crippen molar-refractivity contribution < 1.29 is 9.47 Å². The zero-order valence-electron chi connectivity index (χ0n) is 12.0. The van der Waals surface area contributed by atoms with E-state index in [2.05, 4.69) is 31.0 Å². The van der Waals surface area contributed by atoms with E-state index in [1.54, 1.807) is 19.2 Å². The van der Waals surface area contributed by atoms with Crippen LogP contribution < -0.4 is 9.47 Å². The molecule has 0 aliphatic heterocycles. The molecule has 0 radical (unpaired) electrons. The van der Waals surface area contributed by atoms with Gasteiger partial charge in [-0.1, -0.05) is 32.4 Å². The maximum atomic E-state index is 5.80. The first kappa shape index (κ1) is 14.6. The Labute approximate surface area is 123 Å². The normalized spacial score (nSPS) is 11.2. The molecular formula is C15H17ClN2O2. The molecule has 0 fully saturated rings. The SMILES string of the molecule is COc1ccc(Oc2ccc(Cl)nn2)c(C(C)(C)C)c1.